The fourth-order valence-corrected chi connectivity index (χ4v) is 4.15. The van der Waals surface area contributed by atoms with Crippen molar-refractivity contribution in [2.75, 3.05) is 13.2 Å². The molecule has 6 heteroatoms. The minimum atomic E-state index is -0.487. The van der Waals surface area contributed by atoms with Crippen LogP contribution < -0.4 is 10.6 Å². The molecule has 3 N–H and O–H groups in total. The topological polar surface area (TPSA) is 61.4 Å². The minimum Gasteiger partial charge on any atom is -0.396 e. The molecule has 0 aliphatic heterocycles. The molecule has 0 aromatic heterocycles. The zero-order valence-electron chi connectivity index (χ0n) is 12.9. The fourth-order valence-electron chi connectivity index (χ4n) is 4.15. The van der Waals surface area contributed by atoms with Crippen LogP contribution in [0.15, 0.2) is 18.2 Å². The van der Waals surface area contributed by atoms with Crippen molar-refractivity contribution in [3.63, 3.8) is 0 Å². The van der Waals surface area contributed by atoms with Crippen LogP contribution in [-0.4, -0.2) is 30.3 Å². The van der Waals surface area contributed by atoms with E-state index in [1.54, 1.807) is 0 Å². The number of amides is 2. The monoisotopic (exact) mass is 324 g/mol. The highest BCUT2D eigenvalue weighted by Crippen LogP contribution is 2.48. The van der Waals surface area contributed by atoms with Gasteiger partial charge in [-0.25, -0.2) is 13.6 Å². The van der Waals surface area contributed by atoms with Crippen LogP contribution in [0.3, 0.4) is 0 Å². The highest BCUT2D eigenvalue weighted by atomic mass is 19.1. The predicted molar refractivity (Wildman–Crippen MR) is 81.8 cm³/mol. The molecule has 2 saturated carbocycles. The van der Waals surface area contributed by atoms with Gasteiger partial charge in [0.25, 0.3) is 0 Å². The van der Waals surface area contributed by atoms with Crippen LogP contribution in [0.4, 0.5) is 13.6 Å². The van der Waals surface area contributed by atoms with E-state index in [0.29, 0.717) is 11.8 Å². The van der Waals surface area contributed by atoms with E-state index in [2.05, 4.69) is 10.6 Å². The third-order valence-corrected chi connectivity index (χ3v) is 5.28. The lowest BCUT2D eigenvalue weighted by molar-refractivity contribution is 0.144. The van der Waals surface area contributed by atoms with Gasteiger partial charge in [-0.1, -0.05) is 0 Å². The van der Waals surface area contributed by atoms with Gasteiger partial charge in [0.15, 0.2) is 0 Å². The predicted octanol–water partition coefficient (Wildman–Crippen LogP) is 2.21. The Hall–Kier alpha value is -1.69. The molecule has 1 aromatic rings. The first-order valence-electron chi connectivity index (χ1n) is 8.17. The van der Waals surface area contributed by atoms with Crippen LogP contribution in [0.2, 0.25) is 0 Å². The number of hydrogen-bond donors (Lipinski definition) is 3. The first-order chi connectivity index (χ1) is 11.1. The summed E-state index contributed by atoms with van der Waals surface area (Å²) in [5, 5.41) is 15.1. The number of halogens is 2. The molecule has 4 nitrogen and oxygen atoms in total. The molecular weight excluding hydrogens is 302 g/mol. The van der Waals surface area contributed by atoms with E-state index in [4.69, 9.17) is 0 Å². The lowest BCUT2D eigenvalue weighted by Crippen LogP contribution is -2.49. The normalized spacial score (nSPS) is 28.8. The Balaban J connectivity index is 1.47. The maximum Gasteiger partial charge on any atom is 0.315 e. The standard InChI is InChI=1S/C17H22F2N2O2/c18-13-3-4-15(19)11(8-13)5-6-20-17(23)21-16-12-2-1-10(7-12)14(16)9-22/h3-4,8,10,12,14,16,22H,1-2,5-7,9H2,(H2,20,21,23). The van der Waals surface area contributed by atoms with Gasteiger partial charge in [-0.05, 0) is 61.3 Å². The lowest BCUT2D eigenvalue weighted by Gasteiger charge is -2.30. The van der Waals surface area contributed by atoms with Crippen molar-refractivity contribution in [3.8, 4) is 0 Å². The zero-order valence-corrected chi connectivity index (χ0v) is 12.9. The number of aliphatic hydroxyl groups excluding tert-OH is 1. The molecule has 2 amide bonds. The van der Waals surface area contributed by atoms with Crippen molar-refractivity contribution in [2.24, 2.45) is 17.8 Å². The Bertz CT molecular complexity index is 582. The summed E-state index contributed by atoms with van der Waals surface area (Å²) in [7, 11) is 0. The first-order valence-corrected chi connectivity index (χ1v) is 8.17. The number of benzene rings is 1. The summed E-state index contributed by atoms with van der Waals surface area (Å²) in [6.07, 6.45) is 3.54. The average Bonchev–Trinajstić information content (AvgIpc) is 3.12. The Kier molecular flexibility index (Phi) is 4.80. The Labute approximate surface area is 134 Å². The SMILES string of the molecule is O=C(NCCc1cc(F)ccc1F)NC1C2CCC(C2)C1CO. The van der Waals surface area contributed by atoms with Crippen LogP contribution in [-0.2, 0) is 6.42 Å². The molecule has 0 radical (unpaired) electrons. The molecule has 2 aliphatic rings. The molecule has 4 unspecified atom stereocenters. The lowest BCUT2D eigenvalue weighted by atomic mass is 9.85. The molecule has 0 heterocycles. The van der Waals surface area contributed by atoms with Gasteiger partial charge in [-0.2, -0.15) is 0 Å². The van der Waals surface area contributed by atoms with E-state index in [1.165, 1.54) is 0 Å². The van der Waals surface area contributed by atoms with Crippen molar-refractivity contribution in [3.05, 3.63) is 35.4 Å². The van der Waals surface area contributed by atoms with Crippen molar-refractivity contribution in [1.29, 1.82) is 0 Å². The fraction of sp³-hybridized carbons (Fsp3) is 0.588. The van der Waals surface area contributed by atoms with E-state index in [1.807, 2.05) is 0 Å². The molecular formula is C17H22F2N2O2. The number of rotatable bonds is 5. The zero-order chi connectivity index (χ0) is 16.4. The van der Waals surface area contributed by atoms with Crippen LogP contribution in [0.25, 0.3) is 0 Å². The van der Waals surface area contributed by atoms with Gasteiger partial charge < -0.3 is 15.7 Å². The van der Waals surface area contributed by atoms with E-state index >= 15 is 0 Å². The largest absolute Gasteiger partial charge is 0.396 e. The second-order valence-electron chi connectivity index (χ2n) is 6.59. The quantitative estimate of drug-likeness (QED) is 0.778. The molecule has 3 rings (SSSR count). The number of carbonyl (C=O) groups excluding carboxylic acids is 1. The highest BCUT2D eigenvalue weighted by molar-refractivity contribution is 5.74. The summed E-state index contributed by atoms with van der Waals surface area (Å²) in [6, 6.07) is 3.02. The van der Waals surface area contributed by atoms with Crippen LogP contribution >= 0.6 is 0 Å². The van der Waals surface area contributed by atoms with Gasteiger partial charge >= 0.3 is 6.03 Å². The van der Waals surface area contributed by atoms with Gasteiger partial charge in [0.2, 0.25) is 0 Å². The highest BCUT2D eigenvalue weighted by Gasteiger charge is 2.47. The van der Waals surface area contributed by atoms with E-state index in [-0.39, 0.29) is 43.1 Å². The molecule has 0 saturated heterocycles. The summed E-state index contributed by atoms with van der Waals surface area (Å²) in [4.78, 5) is 12.0. The summed E-state index contributed by atoms with van der Waals surface area (Å²) in [6.45, 7) is 0.331. The second kappa shape index (κ2) is 6.83. The van der Waals surface area contributed by atoms with E-state index < -0.39 is 11.6 Å². The number of urea groups is 1. The first kappa shape index (κ1) is 16.2. The van der Waals surface area contributed by atoms with Gasteiger partial charge in [0, 0.05) is 25.1 Å². The Morgan fingerprint density at radius 2 is 2.04 bits per heavy atom. The third-order valence-electron chi connectivity index (χ3n) is 5.28. The summed E-state index contributed by atoms with van der Waals surface area (Å²) < 4.78 is 26.6. The molecule has 2 aliphatic carbocycles. The number of nitrogens with one attached hydrogen (secondary N) is 2. The van der Waals surface area contributed by atoms with Crippen LogP contribution in [0.5, 0.6) is 0 Å². The molecule has 4 atom stereocenters. The molecule has 0 spiro atoms. The van der Waals surface area contributed by atoms with Gasteiger partial charge in [0.1, 0.15) is 11.6 Å². The van der Waals surface area contributed by atoms with Crippen molar-refractivity contribution >= 4 is 6.03 Å². The Morgan fingerprint density at radius 3 is 2.83 bits per heavy atom. The molecule has 2 fully saturated rings. The minimum absolute atomic E-state index is 0.0182. The van der Waals surface area contributed by atoms with Crippen molar-refractivity contribution < 1.29 is 18.7 Å². The maximum absolute atomic E-state index is 13.5. The third kappa shape index (κ3) is 3.47. The van der Waals surface area contributed by atoms with Gasteiger partial charge in [-0.15, -0.1) is 0 Å². The molecule has 126 valence electrons. The number of fused-ring (bicyclic) bond motifs is 2. The number of hydrogen-bond acceptors (Lipinski definition) is 2. The van der Waals surface area contributed by atoms with Crippen molar-refractivity contribution in [1.82, 2.24) is 10.6 Å². The molecule has 1 aromatic carbocycles. The Morgan fingerprint density at radius 1 is 1.26 bits per heavy atom. The second-order valence-corrected chi connectivity index (χ2v) is 6.59. The van der Waals surface area contributed by atoms with E-state index in [9.17, 15) is 18.7 Å². The smallest absolute Gasteiger partial charge is 0.315 e. The average molecular weight is 324 g/mol. The van der Waals surface area contributed by atoms with Crippen LogP contribution in [0.1, 0.15) is 24.8 Å². The van der Waals surface area contributed by atoms with E-state index in [0.717, 1.165) is 37.5 Å². The summed E-state index contributed by atoms with van der Waals surface area (Å²) in [5.74, 6) is 0.140. The summed E-state index contributed by atoms with van der Waals surface area (Å²) >= 11 is 0. The molecule has 2 bridgehead atoms. The number of aliphatic hydroxyl groups is 1. The summed E-state index contributed by atoms with van der Waals surface area (Å²) in [5.41, 5.74) is 0.249. The maximum atomic E-state index is 13.5. The van der Waals surface area contributed by atoms with Crippen LogP contribution in [0, 0.1) is 29.4 Å². The van der Waals surface area contributed by atoms with Gasteiger partial charge in [-0.3, -0.25) is 0 Å². The van der Waals surface area contributed by atoms with Gasteiger partial charge in [0.05, 0.1) is 0 Å². The number of carbonyl (C=O) groups is 1. The van der Waals surface area contributed by atoms with Crippen molar-refractivity contribution in [2.45, 2.75) is 31.7 Å². The molecule has 23 heavy (non-hydrogen) atoms.